The molecule has 0 aliphatic carbocycles. The number of rotatable bonds is 5. The summed E-state index contributed by atoms with van der Waals surface area (Å²) in [7, 11) is 1.62. The summed E-state index contributed by atoms with van der Waals surface area (Å²) in [6.45, 7) is 7.20. The highest BCUT2D eigenvalue weighted by Crippen LogP contribution is 2.24. The zero-order valence-corrected chi connectivity index (χ0v) is 11.0. The summed E-state index contributed by atoms with van der Waals surface area (Å²) in [5.74, 6) is 1.84. The Bertz CT molecular complexity index is 364. The predicted molar refractivity (Wildman–Crippen MR) is 72.7 cm³/mol. The van der Waals surface area contributed by atoms with Crippen LogP contribution in [0, 0.1) is 0 Å². The third kappa shape index (κ3) is 4.37. The summed E-state index contributed by atoms with van der Waals surface area (Å²) < 4.78 is 5.55. The molecule has 3 heteroatoms. The summed E-state index contributed by atoms with van der Waals surface area (Å²) in [4.78, 5) is 0. The molecule has 0 aliphatic heterocycles. The summed E-state index contributed by atoms with van der Waals surface area (Å²) in [6.07, 6.45) is 1.96. The van der Waals surface area contributed by atoms with E-state index in [9.17, 15) is 5.11 Å². The Morgan fingerprint density at radius 3 is 2.24 bits per heavy atom. The van der Waals surface area contributed by atoms with Gasteiger partial charge in [0.05, 0.1) is 11.2 Å². The van der Waals surface area contributed by atoms with Crippen LogP contribution in [0.5, 0.6) is 0 Å². The molecular formula is C14H20BO2. The van der Waals surface area contributed by atoms with E-state index in [1.54, 1.807) is 21.3 Å². The first-order chi connectivity index (χ1) is 7.83. The Balaban J connectivity index is 2.46. The molecule has 17 heavy (non-hydrogen) atoms. The van der Waals surface area contributed by atoms with E-state index in [2.05, 4.69) is 0 Å². The van der Waals surface area contributed by atoms with Gasteiger partial charge in [-0.1, -0.05) is 42.4 Å². The fraction of sp³-hybridized carbons (Fsp3) is 0.429. The zero-order valence-electron chi connectivity index (χ0n) is 11.0. The molecule has 0 spiro atoms. The van der Waals surface area contributed by atoms with Crippen LogP contribution in [0.4, 0.5) is 0 Å². The van der Waals surface area contributed by atoms with Gasteiger partial charge in [0.25, 0.3) is 0 Å². The quantitative estimate of drug-likeness (QED) is 0.789. The van der Waals surface area contributed by atoms with Crippen LogP contribution in [0.2, 0.25) is 0 Å². The lowest BCUT2D eigenvalue weighted by atomic mass is 9.86. The molecular weight excluding hydrogens is 211 g/mol. The molecule has 1 rings (SSSR count). The minimum atomic E-state index is -0.885. The normalized spacial score (nSPS) is 13.0. The van der Waals surface area contributed by atoms with Crippen molar-refractivity contribution in [2.24, 2.45) is 0 Å². The van der Waals surface area contributed by atoms with E-state index in [0.29, 0.717) is 0 Å². The van der Waals surface area contributed by atoms with Crippen LogP contribution in [0.1, 0.15) is 33.3 Å². The lowest BCUT2D eigenvalue weighted by molar-refractivity contribution is -0.0894. The molecule has 0 fully saturated rings. The Kier molecular flexibility index (Phi) is 4.55. The van der Waals surface area contributed by atoms with Crippen molar-refractivity contribution in [2.45, 2.75) is 38.9 Å². The van der Waals surface area contributed by atoms with Crippen molar-refractivity contribution >= 4 is 13.6 Å². The second-order valence-electron chi connectivity index (χ2n) is 5.09. The largest absolute Gasteiger partial charge is 0.427 e. The molecule has 1 N–H and O–H groups in total. The van der Waals surface area contributed by atoms with Gasteiger partial charge in [-0.2, -0.15) is 0 Å². The van der Waals surface area contributed by atoms with Crippen LogP contribution in [0.3, 0.4) is 0 Å². The molecule has 0 unspecified atom stereocenters. The van der Waals surface area contributed by atoms with Crippen LogP contribution in [-0.4, -0.2) is 23.8 Å². The van der Waals surface area contributed by atoms with Crippen molar-refractivity contribution in [3.63, 3.8) is 0 Å². The SMILES string of the molecule is CC(C)(O)C(C)(C)O[B]/C=C/c1ccccc1. The van der Waals surface area contributed by atoms with Crippen molar-refractivity contribution in [2.75, 3.05) is 0 Å². The van der Waals surface area contributed by atoms with Crippen LogP contribution in [0.25, 0.3) is 6.08 Å². The van der Waals surface area contributed by atoms with E-state index < -0.39 is 11.2 Å². The number of benzene rings is 1. The first kappa shape index (κ1) is 14.0. The van der Waals surface area contributed by atoms with Gasteiger partial charge in [0, 0.05) is 0 Å². The first-order valence-electron chi connectivity index (χ1n) is 5.78. The molecule has 1 aromatic rings. The Morgan fingerprint density at radius 1 is 1.12 bits per heavy atom. The topological polar surface area (TPSA) is 29.5 Å². The van der Waals surface area contributed by atoms with Crippen LogP contribution >= 0.6 is 0 Å². The molecule has 0 atom stereocenters. The monoisotopic (exact) mass is 231 g/mol. The van der Waals surface area contributed by atoms with E-state index in [1.165, 1.54) is 0 Å². The summed E-state index contributed by atoms with van der Waals surface area (Å²) in [5, 5.41) is 9.89. The molecule has 0 aliphatic rings. The predicted octanol–water partition coefficient (Wildman–Crippen LogP) is 2.84. The summed E-state index contributed by atoms with van der Waals surface area (Å²) in [6, 6.07) is 9.99. The van der Waals surface area contributed by atoms with Gasteiger partial charge >= 0.3 is 7.48 Å². The molecule has 1 aromatic carbocycles. The summed E-state index contributed by atoms with van der Waals surface area (Å²) in [5.41, 5.74) is -0.383. The number of aliphatic hydroxyl groups is 1. The second-order valence-corrected chi connectivity index (χ2v) is 5.09. The third-order valence-electron chi connectivity index (χ3n) is 3.00. The van der Waals surface area contributed by atoms with E-state index in [0.717, 1.165) is 5.56 Å². The van der Waals surface area contributed by atoms with Gasteiger partial charge in [0.1, 0.15) is 0 Å². The smallest absolute Gasteiger partial charge is 0.323 e. The van der Waals surface area contributed by atoms with Gasteiger partial charge in [-0.25, -0.2) is 0 Å². The second kappa shape index (κ2) is 5.52. The molecule has 0 amide bonds. The van der Waals surface area contributed by atoms with Crippen molar-refractivity contribution in [1.82, 2.24) is 0 Å². The molecule has 0 bridgehead atoms. The van der Waals surface area contributed by atoms with E-state index in [1.807, 2.05) is 56.2 Å². The van der Waals surface area contributed by atoms with Gasteiger partial charge < -0.3 is 9.76 Å². The average molecular weight is 231 g/mol. The standard InChI is InChI=1S/C14H20BO2/c1-13(2,16)14(3,4)17-15-11-10-12-8-6-5-7-9-12/h5-11,16H,1-4H3/b11-10+. The van der Waals surface area contributed by atoms with Crippen LogP contribution in [0.15, 0.2) is 36.3 Å². The summed E-state index contributed by atoms with van der Waals surface area (Å²) >= 11 is 0. The Labute approximate surface area is 105 Å². The van der Waals surface area contributed by atoms with Crippen LogP contribution < -0.4 is 0 Å². The van der Waals surface area contributed by atoms with Gasteiger partial charge in [-0.05, 0) is 33.3 Å². The fourth-order valence-electron chi connectivity index (χ4n) is 1.07. The zero-order chi connectivity index (χ0) is 12.9. The Morgan fingerprint density at radius 2 is 1.71 bits per heavy atom. The minimum absolute atomic E-state index is 0.617. The van der Waals surface area contributed by atoms with Crippen molar-refractivity contribution < 1.29 is 9.76 Å². The number of hydrogen-bond donors (Lipinski definition) is 1. The fourth-order valence-corrected chi connectivity index (χ4v) is 1.07. The maximum absolute atomic E-state index is 9.89. The van der Waals surface area contributed by atoms with Gasteiger partial charge in [0.2, 0.25) is 0 Å². The highest BCUT2D eigenvalue weighted by molar-refractivity contribution is 6.35. The highest BCUT2D eigenvalue weighted by atomic mass is 16.5. The average Bonchev–Trinajstić information content (AvgIpc) is 2.24. The van der Waals surface area contributed by atoms with E-state index in [4.69, 9.17) is 4.65 Å². The first-order valence-corrected chi connectivity index (χ1v) is 5.78. The van der Waals surface area contributed by atoms with Gasteiger partial charge in [-0.15, -0.1) is 0 Å². The molecule has 0 heterocycles. The van der Waals surface area contributed by atoms with E-state index in [-0.39, 0.29) is 0 Å². The van der Waals surface area contributed by atoms with Crippen LogP contribution in [-0.2, 0) is 4.65 Å². The molecule has 0 saturated heterocycles. The van der Waals surface area contributed by atoms with Crippen molar-refractivity contribution in [1.29, 1.82) is 0 Å². The molecule has 91 valence electrons. The van der Waals surface area contributed by atoms with Gasteiger partial charge in [-0.3, -0.25) is 0 Å². The molecule has 0 saturated carbocycles. The lowest BCUT2D eigenvalue weighted by Gasteiger charge is -2.37. The molecule has 2 nitrogen and oxygen atoms in total. The minimum Gasteiger partial charge on any atom is -0.427 e. The van der Waals surface area contributed by atoms with E-state index >= 15 is 0 Å². The lowest BCUT2D eigenvalue weighted by Crippen LogP contribution is -2.47. The maximum Gasteiger partial charge on any atom is 0.323 e. The Hall–Kier alpha value is -1.06. The third-order valence-corrected chi connectivity index (χ3v) is 3.00. The highest BCUT2D eigenvalue weighted by Gasteiger charge is 2.35. The van der Waals surface area contributed by atoms with Gasteiger partial charge in [0.15, 0.2) is 0 Å². The van der Waals surface area contributed by atoms with Crippen molar-refractivity contribution in [3.8, 4) is 0 Å². The molecule has 1 radical (unpaired) electrons. The van der Waals surface area contributed by atoms with Crippen molar-refractivity contribution in [3.05, 3.63) is 41.9 Å². The maximum atomic E-state index is 9.89. The number of hydrogen-bond acceptors (Lipinski definition) is 2. The molecule has 0 aromatic heterocycles.